The van der Waals surface area contributed by atoms with Gasteiger partial charge in [0.1, 0.15) is 0 Å². The van der Waals surface area contributed by atoms with Crippen molar-refractivity contribution in [3.63, 3.8) is 0 Å². The molecule has 0 aromatic carbocycles. The van der Waals surface area contributed by atoms with Gasteiger partial charge >= 0.3 is 0 Å². The maximum atomic E-state index is 6.40. The molecule has 0 bridgehead atoms. The molecule has 0 saturated heterocycles. The van der Waals surface area contributed by atoms with Gasteiger partial charge in [0.2, 0.25) is 8.40 Å². The van der Waals surface area contributed by atoms with Crippen LogP contribution in [0.25, 0.3) is 0 Å². The van der Waals surface area contributed by atoms with Crippen LogP contribution in [0.15, 0.2) is 0 Å². The molecule has 74 valence electrons. The highest BCUT2D eigenvalue weighted by molar-refractivity contribution is 6.77. The highest BCUT2D eigenvalue weighted by Crippen LogP contribution is 2.32. The lowest BCUT2D eigenvalue weighted by atomic mass is 10.2. The highest BCUT2D eigenvalue weighted by atomic mass is 28.3. The topological polar surface area (TPSA) is 38.0 Å². The lowest BCUT2D eigenvalue weighted by Crippen LogP contribution is -2.66. The van der Waals surface area contributed by atoms with E-state index in [2.05, 4.69) is 46.5 Å². The van der Waals surface area contributed by atoms with Crippen molar-refractivity contribution in [2.75, 3.05) is 0 Å². The molecule has 0 aromatic heterocycles. The first-order valence-corrected chi connectivity index (χ1v) is 7.08. The molecule has 0 aliphatic rings. The summed E-state index contributed by atoms with van der Waals surface area (Å²) in [7, 11) is -1.74. The lowest BCUT2D eigenvalue weighted by Gasteiger charge is -2.40. The molecule has 0 heterocycles. The molecule has 1 atom stereocenters. The zero-order valence-electron chi connectivity index (χ0n) is 9.36. The Bertz CT molecular complexity index is 140. The van der Waals surface area contributed by atoms with E-state index in [0.29, 0.717) is 6.04 Å². The van der Waals surface area contributed by atoms with E-state index in [-0.39, 0.29) is 5.04 Å². The number of nitrogens with two attached hydrogens (primary N) is 1. The number of rotatable bonds is 3. The Morgan fingerprint density at radius 2 is 1.75 bits per heavy atom. The Kier molecular flexibility index (Phi) is 3.94. The van der Waals surface area contributed by atoms with E-state index in [1.807, 2.05) is 0 Å². The first-order chi connectivity index (χ1) is 5.23. The molecule has 3 heteroatoms. The molecule has 3 N–H and O–H groups in total. The third kappa shape index (κ3) is 2.88. The summed E-state index contributed by atoms with van der Waals surface area (Å²) in [6.07, 6.45) is 0. The normalized spacial score (nSPS) is 18.0. The maximum Gasteiger partial charge on any atom is 0.204 e. The van der Waals surface area contributed by atoms with Gasteiger partial charge in [0, 0.05) is 0 Å². The van der Waals surface area contributed by atoms with Crippen LogP contribution in [-0.4, -0.2) is 14.4 Å². The summed E-state index contributed by atoms with van der Waals surface area (Å²) >= 11 is 0. The van der Waals surface area contributed by atoms with Crippen LogP contribution in [0, 0.1) is 0 Å². The van der Waals surface area contributed by atoms with Crippen molar-refractivity contribution in [2.24, 2.45) is 5.40 Å². The van der Waals surface area contributed by atoms with Gasteiger partial charge in [-0.3, -0.25) is 0 Å². The van der Waals surface area contributed by atoms with Crippen molar-refractivity contribution in [2.45, 2.75) is 58.7 Å². The molecule has 0 amide bonds. The molecule has 0 spiro atoms. The van der Waals surface area contributed by atoms with Crippen LogP contribution in [0.3, 0.4) is 0 Å². The fourth-order valence-electron chi connectivity index (χ4n) is 1.36. The van der Waals surface area contributed by atoms with E-state index in [1.54, 1.807) is 0 Å². The van der Waals surface area contributed by atoms with Crippen LogP contribution in [0.5, 0.6) is 0 Å². The first-order valence-electron chi connectivity index (χ1n) is 4.79. The van der Waals surface area contributed by atoms with Crippen LogP contribution in [0.1, 0.15) is 41.5 Å². The Labute approximate surface area is 78.1 Å². The van der Waals surface area contributed by atoms with Crippen LogP contribution < -0.4 is 10.4 Å². The van der Waals surface area contributed by atoms with Crippen molar-refractivity contribution in [3.05, 3.63) is 0 Å². The van der Waals surface area contributed by atoms with Gasteiger partial charge in [-0.25, -0.2) is 0 Å². The van der Waals surface area contributed by atoms with Gasteiger partial charge in [-0.15, -0.1) is 0 Å². The quantitative estimate of drug-likeness (QED) is 0.666. The Morgan fingerprint density at radius 1 is 1.33 bits per heavy atom. The average molecular weight is 188 g/mol. The third-order valence-corrected chi connectivity index (χ3v) is 7.33. The number of nitrogens with one attached hydrogen (secondary N) is 1. The molecule has 0 aliphatic carbocycles. The molecule has 0 aliphatic heterocycles. The van der Waals surface area contributed by atoms with Crippen molar-refractivity contribution < 1.29 is 0 Å². The van der Waals surface area contributed by atoms with E-state index in [1.165, 1.54) is 0 Å². The van der Waals surface area contributed by atoms with Gasteiger partial charge in [-0.1, -0.05) is 41.5 Å². The lowest BCUT2D eigenvalue weighted by molar-refractivity contribution is 0.628. The van der Waals surface area contributed by atoms with Crippen molar-refractivity contribution in [1.29, 1.82) is 0 Å². The van der Waals surface area contributed by atoms with Crippen molar-refractivity contribution in [1.82, 2.24) is 4.98 Å². The van der Waals surface area contributed by atoms with E-state index in [4.69, 9.17) is 5.40 Å². The number of hydrogen-bond donors (Lipinski definition) is 2. The smallest absolute Gasteiger partial charge is 0.204 e. The Balaban J connectivity index is 4.46. The zero-order valence-corrected chi connectivity index (χ0v) is 10.4. The summed E-state index contributed by atoms with van der Waals surface area (Å²) in [6, 6.07) is 1.59. The minimum Gasteiger partial charge on any atom is -0.339 e. The maximum absolute atomic E-state index is 6.40. The minimum atomic E-state index is -1.74. The second-order valence-electron chi connectivity index (χ2n) is 4.87. The second kappa shape index (κ2) is 3.90. The van der Waals surface area contributed by atoms with Crippen LogP contribution in [-0.2, 0) is 0 Å². The van der Waals surface area contributed by atoms with Gasteiger partial charge < -0.3 is 10.4 Å². The van der Waals surface area contributed by atoms with Crippen LogP contribution >= 0.6 is 0 Å². The molecule has 1 unspecified atom stereocenters. The molecule has 0 aromatic rings. The highest BCUT2D eigenvalue weighted by Gasteiger charge is 2.40. The van der Waals surface area contributed by atoms with E-state index >= 15 is 0 Å². The molecule has 0 fully saturated rings. The van der Waals surface area contributed by atoms with Crippen LogP contribution in [0.4, 0.5) is 0 Å². The average Bonchev–Trinajstić information content (AvgIpc) is 1.83. The summed E-state index contributed by atoms with van der Waals surface area (Å²) < 4.78 is 0. The number of hydrogen-bond acceptors (Lipinski definition) is 2. The summed E-state index contributed by atoms with van der Waals surface area (Å²) in [6.45, 7) is 13.2. The predicted octanol–water partition coefficient (Wildman–Crippen LogP) is 2.21. The van der Waals surface area contributed by atoms with Gasteiger partial charge in [0.25, 0.3) is 0 Å². The Hall–Kier alpha value is 0.137. The summed E-state index contributed by atoms with van der Waals surface area (Å²) in [5, 5.41) is 6.65. The predicted molar refractivity (Wildman–Crippen MR) is 58.4 cm³/mol. The molecule has 0 saturated carbocycles. The first kappa shape index (κ1) is 12.1. The van der Waals surface area contributed by atoms with Gasteiger partial charge in [-0.05, 0) is 17.1 Å². The zero-order chi connectivity index (χ0) is 9.99. The molecule has 0 rings (SSSR count). The van der Waals surface area contributed by atoms with Gasteiger partial charge in [0.15, 0.2) is 0 Å². The molecule has 12 heavy (non-hydrogen) atoms. The second-order valence-corrected chi connectivity index (χ2v) is 9.31. The van der Waals surface area contributed by atoms with Crippen LogP contribution in [0.2, 0.25) is 11.1 Å². The minimum absolute atomic E-state index is 0.242. The van der Waals surface area contributed by atoms with Gasteiger partial charge in [-0.2, -0.15) is 0 Å². The third-order valence-electron chi connectivity index (χ3n) is 2.44. The monoisotopic (exact) mass is 188 g/mol. The summed E-state index contributed by atoms with van der Waals surface area (Å²) in [5.41, 5.74) is 0. The van der Waals surface area contributed by atoms with E-state index < -0.39 is 8.40 Å². The van der Waals surface area contributed by atoms with E-state index in [0.717, 1.165) is 6.04 Å². The molecule has 2 nitrogen and oxygen atoms in total. The molecular formula is C9H24N2Si. The van der Waals surface area contributed by atoms with Crippen molar-refractivity contribution >= 4 is 8.40 Å². The summed E-state index contributed by atoms with van der Waals surface area (Å²) in [4.78, 5) is 3.56. The largest absolute Gasteiger partial charge is 0.339 e. The van der Waals surface area contributed by atoms with Gasteiger partial charge in [0.05, 0.1) is 0 Å². The van der Waals surface area contributed by atoms with Crippen molar-refractivity contribution in [3.8, 4) is 0 Å². The molecule has 0 radical (unpaired) electrons. The SMILES string of the molecule is CC[Si](N)(NC(C)C)C(C)(C)C. The summed E-state index contributed by atoms with van der Waals surface area (Å²) in [5.74, 6) is 0. The molecular weight excluding hydrogens is 164 g/mol. The Morgan fingerprint density at radius 3 is 1.83 bits per heavy atom. The fraction of sp³-hybridized carbons (Fsp3) is 1.00. The standard InChI is InChI=1S/C9H24N2Si/c1-7-12(10,9(4,5)6)11-8(2)3/h8,11H,7,10H2,1-6H3. The fourth-order valence-corrected chi connectivity index (χ4v) is 4.09. The van der Waals surface area contributed by atoms with E-state index in [9.17, 15) is 0 Å².